The van der Waals surface area contributed by atoms with Crippen LogP contribution in [0.4, 0.5) is 0 Å². The Balaban J connectivity index is 2.71. The van der Waals surface area contributed by atoms with Gasteiger partial charge in [-0.1, -0.05) is 12.1 Å². The number of amides is 2. The lowest BCUT2D eigenvalue weighted by Gasteiger charge is -2.19. The summed E-state index contributed by atoms with van der Waals surface area (Å²) in [5.41, 5.74) is 5.19. The molecule has 1 rings (SSSR count). The van der Waals surface area contributed by atoms with Crippen LogP contribution >= 0.6 is 0 Å². The van der Waals surface area contributed by atoms with Crippen molar-refractivity contribution in [2.45, 2.75) is 0 Å². The molecule has 0 aromatic heterocycles. The van der Waals surface area contributed by atoms with Crippen molar-refractivity contribution >= 4 is 17.8 Å². The van der Waals surface area contributed by atoms with Crippen LogP contribution in [0, 0.1) is 11.3 Å². The summed E-state index contributed by atoms with van der Waals surface area (Å²) in [6, 6.07) is 8.17. The summed E-state index contributed by atoms with van der Waals surface area (Å²) >= 11 is 0. The molecule has 0 atom stereocenters. The highest BCUT2D eigenvalue weighted by Gasteiger charge is 2.19. The first kappa shape index (κ1) is 16.0. The number of nitrogens with two attached hydrogens (primary N) is 1. The van der Waals surface area contributed by atoms with Crippen molar-refractivity contribution in [1.29, 1.82) is 5.26 Å². The van der Waals surface area contributed by atoms with Gasteiger partial charge in [-0.25, -0.2) is 0 Å². The van der Waals surface area contributed by atoms with Crippen molar-refractivity contribution in [2.24, 2.45) is 5.73 Å². The Kier molecular flexibility index (Phi) is 5.70. The van der Waals surface area contributed by atoms with Gasteiger partial charge in [0.05, 0.1) is 5.56 Å². The molecular formula is C13H13N3O5. The summed E-state index contributed by atoms with van der Waals surface area (Å²) in [5, 5.41) is 17.5. The van der Waals surface area contributed by atoms with E-state index in [4.69, 9.17) is 20.8 Å². The Morgan fingerprint density at radius 3 is 2.52 bits per heavy atom. The van der Waals surface area contributed by atoms with Gasteiger partial charge in [-0.15, -0.1) is 0 Å². The quantitative estimate of drug-likeness (QED) is 0.684. The summed E-state index contributed by atoms with van der Waals surface area (Å²) < 4.78 is 5.18. The van der Waals surface area contributed by atoms with Crippen LogP contribution in [-0.2, 0) is 14.4 Å². The first-order chi connectivity index (χ1) is 9.93. The number of primary amides is 1. The first-order valence-electron chi connectivity index (χ1n) is 5.84. The lowest BCUT2D eigenvalue weighted by atomic mass is 10.2. The number of rotatable bonds is 7. The van der Waals surface area contributed by atoms with Gasteiger partial charge in [-0.05, 0) is 12.1 Å². The molecule has 8 nitrogen and oxygen atoms in total. The molecule has 0 aliphatic heterocycles. The highest BCUT2D eigenvalue weighted by molar-refractivity contribution is 5.87. The van der Waals surface area contributed by atoms with Crippen molar-refractivity contribution in [3.05, 3.63) is 29.8 Å². The average Bonchev–Trinajstić information content (AvgIpc) is 2.43. The summed E-state index contributed by atoms with van der Waals surface area (Å²) in [7, 11) is 0. The zero-order valence-electron chi connectivity index (χ0n) is 11.0. The van der Waals surface area contributed by atoms with Gasteiger partial charge < -0.3 is 20.5 Å². The number of benzene rings is 1. The Bertz CT molecular complexity index is 578. The number of nitrogens with zero attached hydrogens (tertiary/aromatic N) is 2. The molecule has 1 aromatic rings. The van der Waals surface area contributed by atoms with E-state index in [0.717, 1.165) is 4.90 Å². The smallest absolute Gasteiger partial charge is 0.323 e. The van der Waals surface area contributed by atoms with Crippen LogP contribution in [0.15, 0.2) is 24.3 Å². The number of para-hydroxylation sites is 1. The van der Waals surface area contributed by atoms with Gasteiger partial charge in [0, 0.05) is 0 Å². The maximum Gasteiger partial charge on any atom is 0.323 e. The fourth-order valence-corrected chi connectivity index (χ4v) is 1.50. The van der Waals surface area contributed by atoms with Gasteiger partial charge in [0.2, 0.25) is 5.91 Å². The minimum Gasteiger partial charge on any atom is -0.482 e. The molecule has 21 heavy (non-hydrogen) atoms. The van der Waals surface area contributed by atoms with E-state index < -0.39 is 37.5 Å². The van der Waals surface area contributed by atoms with E-state index in [1.54, 1.807) is 12.1 Å². The van der Waals surface area contributed by atoms with Crippen molar-refractivity contribution in [2.75, 3.05) is 19.7 Å². The maximum atomic E-state index is 11.8. The Morgan fingerprint density at radius 2 is 1.95 bits per heavy atom. The number of carboxylic acids is 1. The summed E-state index contributed by atoms with van der Waals surface area (Å²) in [4.78, 5) is 34.1. The Labute approximate surface area is 120 Å². The molecule has 8 heteroatoms. The van der Waals surface area contributed by atoms with Gasteiger partial charge in [0.1, 0.15) is 24.9 Å². The molecule has 0 spiro atoms. The predicted octanol–water partition coefficient (Wildman–Crippen LogP) is -0.664. The average molecular weight is 291 g/mol. The Hall–Kier alpha value is -3.08. The third-order valence-electron chi connectivity index (χ3n) is 2.38. The number of hydrogen-bond donors (Lipinski definition) is 2. The summed E-state index contributed by atoms with van der Waals surface area (Å²) in [5.74, 6) is -2.63. The molecule has 0 fully saturated rings. The van der Waals surface area contributed by atoms with Crippen LogP contribution in [-0.4, -0.2) is 47.5 Å². The Morgan fingerprint density at radius 1 is 1.29 bits per heavy atom. The normalized spacial score (nSPS) is 9.48. The molecule has 0 heterocycles. The zero-order valence-corrected chi connectivity index (χ0v) is 11.0. The van der Waals surface area contributed by atoms with E-state index in [-0.39, 0.29) is 11.3 Å². The number of hydrogen-bond acceptors (Lipinski definition) is 5. The molecule has 0 aliphatic rings. The second kappa shape index (κ2) is 7.49. The summed E-state index contributed by atoms with van der Waals surface area (Å²) in [6.07, 6.45) is 0. The predicted molar refractivity (Wildman–Crippen MR) is 70.1 cm³/mol. The molecule has 1 aromatic carbocycles. The number of ether oxygens (including phenoxy) is 1. The van der Waals surface area contributed by atoms with E-state index in [1.165, 1.54) is 12.1 Å². The van der Waals surface area contributed by atoms with Gasteiger partial charge in [-0.2, -0.15) is 5.26 Å². The molecule has 0 radical (unpaired) electrons. The van der Waals surface area contributed by atoms with Crippen LogP contribution in [0.25, 0.3) is 0 Å². The standard InChI is InChI=1S/C13H13N3O5/c14-5-9-3-1-2-4-10(9)21-8-12(18)16(6-11(15)17)7-13(19)20/h1-4H,6-8H2,(H2,15,17)(H,19,20). The number of aliphatic carboxylic acids is 1. The SMILES string of the molecule is N#Cc1ccccc1OCC(=O)N(CC(N)=O)CC(=O)O. The molecular weight excluding hydrogens is 278 g/mol. The number of carbonyl (C=O) groups is 3. The first-order valence-corrected chi connectivity index (χ1v) is 5.84. The molecule has 0 aliphatic carbocycles. The third kappa shape index (κ3) is 5.20. The molecule has 3 N–H and O–H groups in total. The fraction of sp³-hybridized carbons (Fsp3) is 0.231. The highest BCUT2D eigenvalue weighted by Crippen LogP contribution is 2.16. The van der Waals surface area contributed by atoms with Crippen LogP contribution in [0.1, 0.15) is 5.56 Å². The van der Waals surface area contributed by atoms with Crippen LogP contribution < -0.4 is 10.5 Å². The largest absolute Gasteiger partial charge is 0.482 e. The van der Waals surface area contributed by atoms with Crippen LogP contribution in [0.5, 0.6) is 5.75 Å². The van der Waals surface area contributed by atoms with E-state index in [0.29, 0.717) is 0 Å². The van der Waals surface area contributed by atoms with Gasteiger partial charge in [0.15, 0.2) is 6.61 Å². The topological polar surface area (TPSA) is 134 Å². The minimum absolute atomic E-state index is 0.197. The van der Waals surface area contributed by atoms with E-state index in [9.17, 15) is 14.4 Å². The van der Waals surface area contributed by atoms with Crippen LogP contribution in [0.3, 0.4) is 0 Å². The van der Waals surface area contributed by atoms with Crippen molar-refractivity contribution in [1.82, 2.24) is 4.90 Å². The molecule has 110 valence electrons. The zero-order chi connectivity index (χ0) is 15.8. The van der Waals surface area contributed by atoms with Crippen molar-refractivity contribution in [3.8, 4) is 11.8 Å². The van der Waals surface area contributed by atoms with Gasteiger partial charge in [-0.3, -0.25) is 14.4 Å². The maximum absolute atomic E-state index is 11.8. The molecule has 0 bridgehead atoms. The van der Waals surface area contributed by atoms with Crippen LogP contribution in [0.2, 0.25) is 0 Å². The minimum atomic E-state index is -1.28. The summed E-state index contributed by atoms with van der Waals surface area (Å²) in [6.45, 7) is -1.68. The molecule has 0 unspecified atom stereocenters. The lowest BCUT2D eigenvalue weighted by molar-refractivity contribution is -0.146. The highest BCUT2D eigenvalue weighted by atomic mass is 16.5. The molecule has 0 saturated carbocycles. The van der Waals surface area contributed by atoms with Crippen molar-refractivity contribution < 1.29 is 24.2 Å². The molecule has 2 amide bonds. The lowest BCUT2D eigenvalue weighted by Crippen LogP contribution is -2.43. The third-order valence-corrected chi connectivity index (χ3v) is 2.38. The van der Waals surface area contributed by atoms with E-state index in [1.807, 2.05) is 6.07 Å². The monoisotopic (exact) mass is 291 g/mol. The van der Waals surface area contributed by atoms with E-state index >= 15 is 0 Å². The van der Waals surface area contributed by atoms with Gasteiger partial charge >= 0.3 is 5.97 Å². The molecule has 0 saturated heterocycles. The van der Waals surface area contributed by atoms with Crippen molar-refractivity contribution in [3.63, 3.8) is 0 Å². The fourth-order valence-electron chi connectivity index (χ4n) is 1.50. The van der Waals surface area contributed by atoms with E-state index in [2.05, 4.69) is 0 Å². The second-order valence-corrected chi connectivity index (χ2v) is 4.01. The second-order valence-electron chi connectivity index (χ2n) is 4.01. The number of nitriles is 1. The number of carboxylic acid groups (broad SMARTS) is 1. The van der Waals surface area contributed by atoms with Gasteiger partial charge in [0.25, 0.3) is 5.91 Å². The number of carbonyl (C=O) groups excluding carboxylic acids is 2.